The highest BCUT2D eigenvalue weighted by molar-refractivity contribution is 7.99. The Balaban J connectivity index is 2.53. The van der Waals surface area contributed by atoms with Gasteiger partial charge < -0.3 is 0 Å². The second-order valence-electron chi connectivity index (χ2n) is 4.07. The van der Waals surface area contributed by atoms with Crippen molar-refractivity contribution in [1.82, 2.24) is 0 Å². The van der Waals surface area contributed by atoms with Gasteiger partial charge in [0.1, 0.15) is 0 Å². The van der Waals surface area contributed by atoms with Gasteiger partial charge in [0.05, 0.1) is 20.1 Å². The SMILES string of the molecule is ClCc1ccc(Cl)c(Sc2c(Cl)ccc(CCl)c2Cl)c1Cl. The fraction of sp³-hybridized carbons (Fsp3) is 0.143. The Morgan fingerprint density at radius 1 is 0.667 bits per heavy atom. The Morgan fingerprint density at radius 3 is 1.38 bits per heavy atom. The minimum Gasteiger partial charge on any atom is -0.121 e. The molecule has 0 radical (unpaired) electrons. The summed E-state index contributed by atoms with van der Waals surface area (Å²) in [6, 6.07) is 7.08. The smallest absolute Gasteiger partial charge is 0.0604 e. The molecule has 0 nitrogen and oxygen atoms in total. The minimum atomic E-state index is 0.298. The summed E-state index contributed by atoms with van der Waals surface area (Å²) in [5.74, 6) is 0.597. The third-order valence-electron chi connectivity index (χ3n) is 2.75. The molecule has 2 rings (SSSR count). The molecule has 0 aliphatic rings. The summed E-state index contributed by atoms with van der Waals surface area (Å²) in [5, 5.41) is 2.04. The average Bonchev–Trinajstić information content (AvgIpc) is 2.46. The summed E-state index contributed by atoms with van der Waals surface area (Å²) in [4.78, 5) is 1.35. The van der Waals surface area contributed by atoms with E-state index in [2.05, 4.69) is 0 Å². The van der Waals surface area contributed by atoms with Crippen LogP contribution in [-0.4, -0.2) is 0 Å². The van der Waals surface area contributed by atoms with Crippen LogP contribution >= 0.6 is 81.4 Å². The van der Waals surface area contributed by atoms with Gasteiger partial charge in [-0.05, 0) is 23.3 Å². The third kappa shape index (κ3) is 3.90. The number of hydrogen-bond acceptors (Lipinski definition) is 1. The van der Waals surface area contributed by atoms with E-state index in [1.54, 1.807) is 24.3 Å². The van der Waals surface area contributed by atoms with E-state index >= 15 is 0 Å². The highest BCUT2D eigenvalue weighted by atomic mass is 35.5. The van der Waals surface area contributed by atoms with Crippen molar-refractivity contribution in [3.05, 3.63) is 55.5 Å². The van der Waals surface area contributed by atoms with Gasteiger partial charge in [-0.15, -0.1) is 23.2 Å². The number of rotatable bonds is 4. The van der Waals surface area contributed by atoms with E-state index < -0.39 is 0 Å². The first-order valence-corrected chi connectivity index (χ1v) is 9.12. The fourth-order valence-electron chi connectivity index (χ4n) is 1.64. The maximum Gasteiger partial charge on any atom is 0.0604 e. The molecule has 0 N–H and O–H groups in total. The van der Waals surface area contributed by atoms with Crippen LogP contribution in [0, 0.1) is 0 Å². The highest BCUT2D eigenvalue weighted by Gasteiger charge is 2.17. The van der Waals surface area contributed by atoms with E-state index in [0.717, 1.165) is 11.1 Å². The Bertz CT molecular complexity index is 613. The van der Waals surface area contributed by atoms with Gasteiger partial charge in [0, 0.05) is 21.6 Å². The van der Waals surface area contributed by atoms with Crippen LogP contribution in [-0.2, 0) is 11.8 Å². The minimum absolute atomic E-state index is 0.298. The van der Waals surface area contributed by atoms with Crippen molar-refractivity contribution in [3.8, 4) is 0 Å². The highest BCUT2D eigenvalue weighted by Crippen LogP contribution is 2.46. The number of alkyl halides is 2. The van der Waals surface area contributed by atoms with Crippen molar-refractivity contribution in [2.45, 2.75) is 21.6 Å². The van der Waals surface area contributed by atoms with Crippen molar-refractivity contribution in [1.29, 1.82) is 0 Å². The van der Waals surface area contributed by atoms with Gasteiger partial charge in [-0.25, -0.2) is 0 Å². The van der Waals surface area contributed by atoms with E-state index in [0.29, 0.717) is 41.6 Å². The van der Waals surface area contributed by atoms with E-state index in [1.165, 1.54) is 11.8 Å². The second kappa shape index (κ2) is 7.88. The first-order chi connectivity index (χ1) is 9.99. The van der Waals surface area contributed by atoms with E-state index in [9.17, 15) is 0 Å². The Morgan fingerprint density at radius 2 is 1.05 bits per heavy atom. The predicted molar refractivity (Wildman–Crippen MR) is 96.2 cm³/mol. The van der Waals surface area contributed by atoms with Gasteiger partial charge >= 0.3 is 0 Å². The molecular formula is C14H8Cl6S. The van der Waals surface area contributed by atoms with Crippen molar-refractivity contribution in [3.63, 3.8) is 0 Å². The molecule has 0 saturated carbocycles. The lowest BCUT2D eigenvalue weighted by molar-refractivity contribution is 1.29. The van der Waals surface area contributed by atoms with Gasteiger partial charge in [-0.1, -0.05) is 70.3 Å². The first kappa shape index (κ1) is 17.9. The van der Waals surface area contributed by atoms with Crippen LogP contribution in [0.5, 0.6) is 0 Å². The van der Waals surface area contributed by atoms with Crippen LogP contribution in [0.2, 0.25) is 20.1 Å². The fourth-order valence-corrected chi connectivity index (χ4v) is 4.54. The van der Waals surface area contributed by atoms with E-state index in [-0.39, 0.29) is 0 Å². The topological polar surface area (TPSA) is 0 Å². The van der Waals surface area contributed by atoms with Gasteiger partial charge in [0.15, 0.2) is 0 Å². The molecule has 0 heterocycles. The zero-order chi connectivity index (χ0) is 15.6. The maximum absolute atomic E-state index is 6.34. The molecular weight excluding hydrogens is 413 g/mol. The quantitative estimate of drug-likeness (QED) is 0.452. The standard InChI is InChI=1S/C14H8Cl6S/c15-5-7-1-3-9(17)13(11(7)19)21-14-10(18)4-2-8(6-16)12(14)20/h1-4H,5-6H2. The summed E-state index contributed by atoms with van der Waals surface area (Å²) >= 11 is 38.2. The van der Waals surface area contributed by atoms with Crippen LogP contribution in [0.3, 0.4) is 0 Å². The molecule has 112 valence electrons. The zero-order valence-electron chi connectivity index (χ0n) is 10.4. The van der Waals surface area contributed by atoms with Crippen LogP contribution in [0.25, 0.3) is 0 Å². The van der Waals surface area contributed by atoms with E-state index in [4.69, 9.17) is 69.6 Å². The van der Waals surface area contributed by atoms with Crippen LogP contribution in [0.15, 0.2) is 34.1 Å². The Labute approximate surface area is 157 Å². The van der Waals surface area contributed by atoms with Crippen LogP contribution in [0.1, 0.15) is 11.1 Å². The average molecular weight is 421 g/mol. The lowest BCUT2D eigenvalue weighted by atomic mass is 10.2. The molecule has 0 aromatic heterocycles. The molecule has 0 spiro atoms. The summed E-state index contributed by atoms with van der Waals surface area (Å²) in [7, 11) is 0. The van der Waals surface area contributed by atoms with E-state index in [1.807, 2.05) is 0 Å². The molecule has 0 bridgehead atoms. The first-order valence-electron chi connectivity index (χ1n) is 5.73. The molecule has 0 fully saturated rings. The lowest BCUT2D eigenvalue weighted by Gasteiger charge is -2.13. The third-order valence-corrected chi connectivity index (χ3v) is 6.52. The summed E-state index contributed by atoms with van der Waals surface area (Å²) in [6.45, 7) is 0. The molecule has 2 aromatic rings. The normalized spacial score (nSPS) is 11.0. The van der Waals surface area contributed by atoms with Crippen LogP contribution < -0.4 is 0 Å². The lowest BCUT2D eigenvalue weighted by Crippen LogP contribution is -1.89. The van der Waals surface area contributed by atoms with Gasteiger partial charge in [0.2, 0.25) is 0 Å². The Kier molecular flexibility index (Phi) is 6.71. The number of hydrogen-bond donors (Lipinski definition) is 0. The largest absolute Gasteiger partial charge is 0.121 e. The molecule has 21 heavy (non-hydrogen) atoms. The predicted octanol–water partition coefficient (Wildman–Crippen LogP) is 7.93. The van der Waals surface area contributed by atoms with Gasteiger partial charge in [-0.3, -0.25) is 0 Å². The summed E-state index contributed by atoms with van der Waals surface area (Å²) in [6.07, 6.45) is 0. The molecule has 0 amide bonds. The molecule has 0 atom stereocenters. The molecule has 0 unspecified atom stereocenters. The van der Waals surface area contributed by atoms with Crippen LogP contribution in [0.4, 0.5) is 0 Å². The monoisotopic (exact) mass is 418 g/mol. The van der Waals surface area contributed by atoms with Crippen molar-refractivity contribution in [2.24, 2.45) is 0 Å². The zero-order valence-corrected chi connectivity index (χ0v) is 15.8. The molecule has 7 heteroatoms. The molecule has 0 saturated heterocycles. The number of halogens is 6. The molecule has 2 aromatic carbocycles. The summed E-state index contributed by atoms with van der Waals surface area (Å²) in [5.41, 5.74) is 1.59. The maximum atomic E-state index is 6.34. The molecule has 0 aliphatic heterocycles. The number of benzene rings is 2. The van der Waals surface area contributed by atoms with Crippen molar-refractivity contribution < 1.29 is 0 Å². The second-order valence-corrected chi connectivity index (χ2v) is 7.19. The van der Waals surface area contributed by atoms with Crippen molar-refractivity contribution >= 4 is 81.4 Å². The molecule has 0 aliphatic carbocycles. The summed E-state index contributed by atoms with van der Waals surface area (Å²) < 4.78 is 0. The van der Waals surface area contributed by atoms with Gasteiger partial charge in [0.25, 0.3) is 0 Å². The van der Waals surface area contributed by atoms with Gasteiger partial charge in [-0.2, -0.15) is 0 Å². The van der Waals surface area contributed by atoms with Crippen molar-refractivity contribution in [2.75, 3.05) is 0 Å². The Hall–Kier alpha value is 0.530.